The Kier molecular flexibility index (Phi) is 6.98. The van der Waals surface area contributed by atoms with Crippen molar-refractivity contribution in [1.82, 2.24) is 14.5 Å². The highest BCUT2D eigenvalue weighted by molar-refractivity contribution is 6.01. The highest BCUT2D eigenvalue weighted by Gasteiger charge is 2.22. The molecule has 0 unspecified atom stereocenters. The summed E-state index contributed by atoms with van der Waals surface area (Å²) >= 11 is 0. The van der Waals surface area contributed by atoms with E-state index in [1.54, 1.807) is 0 Å². The summed E-state index contributed by atoms with van der Waals surface area (Å²) in [6.07, 6.45) is 0.651. The zero-order valence-electron chi connectivity index (χ0n) is 17.0. The van der Waals surface area contributed by atoms with Crippen LogP contribution < -0.4 is 17.0 Å². The summed E-state index contributed by atoms with van der Waals surface area (Å²) in [5, 5.41) is 0. The molecule has 3 aromatic rings. The maximum absolute atomic E-state index is 13.1. The number of ketones is 1. The molecule has 0 bridgehead atoms. The second-order valence-electron chi connectivity index (χ2n) is 7.21. The number of aromatic nitrogens is 2. The van der Waals surface area contributed by atoms with Crippen molar-refractivity contribution in [2.45, 2.75) is 33.0 Å². The van der Waals surface area contributed by atoms with Crippen molar-refractivity contribution in [3.8, 4) is 0 Å². The van der Waals surface area contributed by atoms with Crippen molar-refractivity contribution in [3.05, 3.63) is 98.2 Å². The molecule has 30 heavy (non-hydrogen) atoms. The fraction of sp³-hybridized carbons (Fsp3) is 0.261. The van der Waals surface area contributed by atoms with Crippen LogP contribution in [0.1, 0.15) is 34.8 Å². The number of nitrogen functional groups attached to an aromatic ring is 1. The largest absolute Gasteiger partial charge is 0.384 e. The number of aromatic amines is 1. The first-order valence-corrected chi connectivity index (χ1v) is 9.95. The highest BCUT2D eigenvalue weighted by Crippen LogP contribution is 2.13. The Labute approximate surface area is 174 Å². The molecule has 0 atom stereocenters. The van der Waals surface area contributed by atoms with E-state index in [0.717, 1.165) is 11.1 Å². The van der Waals surface area contributed by atoms with E-state index in [1.165, 1.54) is 4.57 Å². The summed E-state index contributed by atoms with van der Waals surface area (Å²) in [5.41, 5.74) is 6.67. The molecule has 0 aliphatic rings. The van der Waals surface area contributed by atoms with Crippen LogP contribution in [0.4, 0.5) is 5.82 Å². The predicted octanol–water partition coefficient (Wildman–Crippen LogP) is 2.41. The lowest BCUT2D eigenvalue weighted by atomic mass is 10.1. The average molecular weight is 406 g/mol. The molecule has 7 nitrogen and oxygen atoms in total. The van der Waals surface area contributed by atoms with Gasteiger partial charge in [0.05, 0.1) is 6.54 Å². The second kappa shape index (κ2) is 9.84. The van der Waals surface area contributed by atoms with Crippen molar-refractivity contribution in [2.75, 3.05) is 12.3 Å². The van der Waals surface area contributed by atoms with Gasteiger partial charge < -0.3 is 5.73 Å². The maximum Gasteiger partial charge on any atom is 0.329 e. The predicted molar refractivity (Wildman–Crippen MR) is 117 cm³/mol. The third-order valence-electron chi connectivity index (χ3n) is 4.83. The minimum Gasteiger partial charge on any atom is -0.384 e. The number of carbonyl (C=O) groups excluding carboxylic acids is 1. The van der Waals surface area contributed by atoms with Gasteiger partial charge in [-0.2, -0.15) is 0 Å². The average Bonchev–Trinajstić information content (AvgIpc) is 2.72. The Hall–Kier alpha value is -3.45. The van der Waals surface area contributed by atoms with Gasteiger partial charge in [0.25, 0.3) is 5.56 Å². The van der Waals surface area contributed by atoms with Crippen LogP contribution in [0.3, 0.4) is 0 Å². The first-order chi connectivity index (χ1) is 14.5. The van der Waals surface area contributed by atoms with Crippen molar-refractivity contribution in [2.24, 2.45) is 0 Å². The van der Waals surface area contributed by atoms with E-state index in [9.17, 15) is 14.4 Å². The van der Waals surface area contributed by atoms with Gasteiger partial charge in [-0.05, 0) is 17.5 Å². The van der Waals surface area contributed by atoms with Gasteiger partial charge >= 0.3 is 5.69 Å². The number of benzene rings is 2. The quantitative estimate of drug-likeness (QED) is 0.532. The standard InChI is InChI=1S/C23H26N4O3/c1-2-13-27-21(24)20(22(29)25-23(27)30)19(28)16-26(14-17-9-5-3-6-10-17)15-18-11-7-4-8-12-18/h3-12H,2,13-16,24H2,1H3,(H,25,29,30). The first kappa shape index (κ1) is 21.3. The summed E-state index contributed by atoms with van der Waals surface area (Å²) < 4.78 is 1.24. The minimum atomic E-state index is -0.741. The fourth-order valence-corrected chi connectivity index (χ4v) is 3.44. The number of H-pyrrole nitrogens is 1. The van der Waals surface area contributed by atoms with Crippen LogP contribution in [0.15, 0.2) is 70.3 Å². The molecule has 0 saturated carbocycles. The smallest absolute Gasteiger partial charge is 0.329 e. The van der Waals surface area contributed by atoms with Gasteiger partial charge in [-0.15, -0.1) is 0 Å². The summed E-state index contributed by atoms with van der Waals surface area (Å²) in [4.78, 5) is 41.7. The van der Waals surface area contributed by atoms with E-state index >= 15 is 0 Å². The lowest BCUT2D eigenvalue weighted by Crippen LogP contribution is -2.39. The van der Waals surface area contributed by atoms with E-state index in [-0.39, 0.29) is 17.9 Å². The van der Waals surface area contributed by atoms with E-state index in [0.29, 0.717) is 26.1 Å². The Morgan fingerprint density at radius 3 is 2.00 bits per heavy atom. The fourth-order valence-electron chi connectivity index (χ4n) is 3.44. The number of rotatable bonds is 9. The summed E-state index contributed by atoms with van der Waals surface area (Å²) in [5.74, 6) is -0.486. The van der Waals surface area contributed by atoms with Gasteiger partial charge in [-0.25, -0.2) is 4.79 Å². The molecule has 0 aliphatic carbocycles. The molecular weight excluding hydrogens is 380 g/mol. The molecule has 2 aromatic carbocycles. The zero-order chi connectivity index (χ0) is 21.5. The van der Waals surface area contributed by atoms with Gasteiger partial charge in [0.15, 0.2) is 5.78 Å². The highest BCUT2D eigenvalue weighted by atomic mass is 16.2. The number of carbonyl (C=O) groups is 1. The van der Waals surface area contributed by atoms with Crippen molar-refractivity contribution in [3.63, 3.8) is 0 Å². The number of anilines is 1. The van der Waals surface area contributed by atoms with Crippen molar-refractivity contribution in [1.29, 1.82) is 0 Å². The lowest BCUT2D eigenvalue weighted by Gasteiger charge is -2.22. The molecule has 0 radical (unpaired) electrons. The third-order valence-corrected chi connectivity index (χ3v) is 4.83. The lowest BCUT2D eigenvalue weighted by molar-refractivity contribution is 0.0918. The molecule has 0 amide bonds. The number of Topliss-reactive ketones (excluding diaryl/α,β-unsaturated/α-hetero) is 1. The van der Waals surface area contributed by atoms with Gasteiger partial charge in [0, 0.05) is 19.6 Å². The zero-order valence-corrected chi connectivity index (χ0v) is 17.0. The Balaban J connectivity index is 1.90. The number of hydrogen-bond donors (Lipinski definition) is 2. The molecule has 1 heterocycles. The Morgan fingerprint density at radius 2 is 1.50 bits per heavy atom. The Morgan fingerprint density at radius 1 is 0.967 bits per heavy atom. The minimum absolute atomic E-state index is 0.00139. The van der Waals surface area contributed by atoms with Gasteiger partial charge in [-0.3, -0.25) is 24.0 Å². The van der Waals surface area contributed by atoms with Gasteiger partial charge in [0.1, 0.15) is 11.4 Å². The van der Waals surface area contributed by atoms with Crippen molar-refractivity contribution >= 4 is 11.6 Å². The summed E-state index contributed by atoms with van der Waals surface area (Å²) in [6.45, 7) is 3.29. The molecular formula is C23H26N4O3. The van der Waals surface area contributed by atoms with Crippen LogP contribution >= 0.6 is 0 Å². The summed E-state index contributed by atoms with van der Waals surface area (Å²) in [6, 6.07) is 19.6. The van der Waals surface area contributed by atoms with E-state index in [4.69, 9.17) is 5.73 Å². The number of nitrogens with two attached hydrogens (primary N) is 1. The third kappa shape index (κ3) is 5.12. The number of nitrogens with one attached hydrogen (secondary N) is 1. The monoisotopic (exact) mass is 406 g/mol. The van der Waals surface area contributed by atoms with E-state index in [2.05, 4.69) is 4.98 Å². The molecule has 0 fully saturated rings. The topological polar surface area (TPSA) is 101 Å². The maximum atomic E-state index is 13.1. The first-order valence-electron chi connectivity index (χ1n) is 9.95. The summed E-state index contributed by atoms with van der Waals surface area (Å²) in [7, 11) is 0. The van der Waals surface area contributed by atoms with Gasteiger partial charge in [0.2, 0.25) is 0 Å². The SMILES string of the molecule is CCCn1c(N)c(C(=O)CN(Cc2ccccc2)Cc2ccccc2)c(=O)[nH]c1=O. The van der Waals surface area contributed by atoms with Crippen molar-refractivity contribution < 1.29 is 4.79 Å². The molecule has 3 rings (SSSR count). The van der Waals surface area contributed by atoms with Crippen LogP contribution in [0.5, 0.6) is 0 Å². The molecule has 0 saturated heterocycles. The van der Waals surface area contributed by atoms with Crippen LogP contribution in [-0.4, -0.2) is 26.8 Å². The Bertz CT molecular complexity index is 1060. The normalized spacial score (nSPS) is 11.0. The van der Waals surface area contributed by atoms with Crippen LogP contribution in [0.25, 0.3) is 0 Å². The van der Waals surface area contributed by atoms with E-state index < -0.39 is 17.0 Å². The van der Waals surface area contributed by atoms with E-state index in [1.807, 2.05) is 72.5 Å². The molecule has 7 heteroatoms. The second-order valence-corrected chi connectivity index (χ2v) is 7.21. The molecule has 3 N–H and O–H groups in total. The number of nitrogens with zero attached hydrogens (tertiary/aromatic N) is 2. The molecule has 156 valence electrons. The van der Waals surface area contributed by atoms with Gasteiger partial charge in [-0.1, -0.05) is 67.6 Å². The van der Waals surface area contributed by atoms with Crippen LogP contribution in [0, 0.1) is 0 Å². The number of hydrogen-bond acceptors (Lipinski definition) is 5. The van der Waals surface area contributed by atoms with Crippen LogP contribution in [0.2, 0.25) is 0 Å². The molecule has 0 spiro atoms. The molecule has 1 aromatic heterocycles. The van der Waals surface area contributed by atoms with Crippen LogP contribution in [-0.2, 0) is 19.6 Å². The molecule has 0 aliphatic heterocycles.